The molecule has 8 rings (SSSR count). The average Bonchev–Trinajstić information content (AvgIpc) is 3.86. The van der Waals surface area contributed by atoms with E-state index in [-0.39, 0.29) is 5.60 Å². The second-order valence-electron chi connectivity index (χ2n) is 17.1. The topological polar surface area (TPSA) is 83.6 Å². The van der Waals surface area contributed by atoms with Crippen molar-refractivity contribution in [3.63, 3.8) is 0 Å². The highest BCUT2D eigenvalue weighted by molar-refractivity contribution is 5.88. The number of ether oxygens (including phenoxy) is 1. The van der Waals surface area contributed by atoms with Gasteiger partial charge < -0.3 is 19.3 Å². The predicted octanol–water partition coefficient (Wildman–Crippen LogP) is 14.1. The van der Waals surface area contributed by atoms with Gasteiger partial charge in [0.1, 0.15) is 11.3 Å². The van der Waals surface area contributed by atoms with Gasteiger partial charge in [-0.2, -0.15) is 0 Å². The third kappa shape index (κ3) is 9.67. The first kappa shape index (κ1) is 42.7. The number of aromatic amines is 1. The van der Waals surface area contributed by atoms with Gasteiger partial charge in [0.25, 0.3) is 0 Å². The number of oxime groups is 1. The summed E-state index contributed by atoms with van der Waals surface area (Å²) in [5.74, 6) is 3.79. The van der Waals surface area contributed by atoms with E-state index in [4.69, 9.17) is 19.3 Å². The van der Waals surface area contributed by atoms with Gasteiger partial charge in [-0.1, -0.05) is 164 Å². The number of para-hydroxylation sites is 1. The molecule has 2 N–H and O–H groups in total. The lowest BCUT2D eigenvalue weighted by molar-refractivity contribution is -0.0986. The summed E-state index contributed by atoms with van der Waals surface area (Å²) in [6.07, 6.45) is 8.18. The van der Waals surface area contributed by atoms with E-state index in [1.54, 1.807) is 0 Å². The Morgan fingerprint density at radius 2 is 1.52 bits per heavy atom. The number of nitrogens with zero attached hydrogens (tertiary/aromatic N) is 2. The number of hydrogen-bond acceptors (Lipinski definition) is 5. The van der Waals surface area contributed by atoms with Crippen molar-refractivity contribution in [3.8, 4) is 22.6 Å². The van der Waals surface area contributed by atoms with E-state index in [0.29, 0.717) is 23.7 Å². The van der Waals surface area contributed by atoms with Crippen molar-refractivity contribution in [2.24, 2.45) is 17.0 Å². The van der Waals surface area contributed by atoms with E-state index in [9.17, 15) is 0 Å². The highest BCUT2D eigenvalue weighted by atomic mass is 16.5. The molecule has 6 aromatic rings. The Morgan fingerprint density at radius 3 is 2.12 bits per heavy atom. The molecule has 0 spiro atoms. The van der Waals surface area contributed by atoms with Crippen molar-refractivity contribution in [3.05, 3.63) is 137 Å². The quantitative estimate of drug-likeness (QED) is 0.113. The number of benzene rings is 4. The summed E-state index contributed by atoms with van der Waals surface area (Å²) in [5.41, 5.74) is 12.2. The summed E-state index contributed by atoms with van der Waals surface area (Å²) in [5, 5.41) is 13.7. The van der Waals surface area contributed by atoms with Gasteiger partial charge in [-0.15, -0.1) is 0 Å². The molecule has 2 aromatic heterocycles. The van der Waals surface area contributed by atoms with Crippen LogP contribution in [-0.4, -0.2) is 27.5 Å². The molecule has 1 aliphatic heterocycles. The number of hydrogen-bond donors (Lipinski definition) is 2. The standard InChI is InChI=1S/C19H19NO.C18H25NO.C15H21NO/c1-14(2)13-17-20-18(15-9-5-3-6-10-15)19(21-17)16-11-7-4-8-12-16;1-5-13-8-7-9-14-15-10-11-20-18(6-2,12(3)4)17(15)19-16(13)14;1-11(2)12-6-8-13(9-7-12)14-4-3-5-15(10-14)16-17/h3-12,14H,13H2,1-2H3;7-9,12,19H,5-6,10-11H2,1-4H3;6-9,11,14,17H,3-5,10H2,1-2H3/b;;16-15-. The van der Waals surface area contributed by atoms with Crippen molar-refractivity contribution in [1.82, 2.24) is 9.97 Å². The van der Waals surface area contributed by atoms with Gasteiger partial charge in [-0.25, -0.2) is 4.98 Å². The van der Waals surface area contributed by atoms with Gasteiger partial charge in [0.15, 0.2) is 11.7 Å². The lowest BCUT2D eigenvalue weighted by atomic mass is 9.80. The van der Waals surface area contributed by atoms with Crippen LogP contribution in [0.25, 0.3) is 33.5 Å². The van der Waals surface area contributed by atoms with Gasteiger partial charge in [0.05, 0.1) is 18.0 Å². The van der Waals surface area contributed by atoms with Gasteiger partial charge in [0, 0.05) is 28.5 Å². The minimum Gasteiger partial charge on any atom is -0.440 e. The Balaban J connectivity index is 0.000000148. The van der Waals surface area contributed by atoms with Crippen LogP contribution in [0.5, 0.6) is 0 Å². The lowest BCUT2D eigenvalue weighted by Crippen LogP contribution is -2.39. The Hall–Kier alpha value is -4.94. The fourth-order valence-corrected chi connectivity index (χ4v) is 8.75. The summed E-state index contributed by atoms with van der Waals surface area (Å²) in [6, 6.07) is 36.0. The fraction of sp³-hybridized carbons (Fsp3) is 0.423. The van der Waals surface area contributed by atoms with Crippen LogP contribution < -0.4 is 0 Å². The van der Waals surface area contributed by atoms with Crippen LogP contribution in [0.4, 0.5) is 0 Å². The maximum atomic E-state index is 8.86. The van der Waals surface area contributed by atoms with Gasteiger partial charge in [-0.3, -0.25) is 0 Å². The molecular weight excluding hydrogens is 715 g/mol. The van der Waals surface area contributed by atoms with E-state index in [0.717, 1.165) is 85.7 Å². The maximum absolute atomic E-state index is 8.86. The summed E-state index contributed by atoms with van der Waals surface area (Å²) in [4.78, 5) is 8.46. The van der Waals surface area contributed by atoms with Crippen LogP contribution in [0.15, 0.2) is 113 Å². The minimum atomic E-state index is -0.141. The molecule has 0 saturated heterocycles. The normalized spacial score (nSPS) is 18.5. The smallest absolute Gasteiger partial charge is 0.195 e. The van der Waals surface area contributed by atoms with E-state index < -0.39 is 0 Å². The third-order valence-electron chi connectivity index (χ3n) is 12.1. The van der Waals surface area contributed by atoms with E-state index >= 15 is 0 Å². The van der Waals surface area contributed by atoms with Crippen LogP contribution in [0, 0.1) is 11.8 Å². The Labute approximate surface area is 347 Å². The molecular formula is C52H65N3O3. The first-order valence-electron chi connectivity index (χ1n) is 21.7. The van der Waals surface area contributed by atoms with Crippen LogP contribution in [-0.2, 0) is 29.6 Å². The largest absolute Gasteiger partial charge is 0.440 e. The molecule has 0 amide bonds. The number of oxazole rings is 1. The number of aryl methyl sites for hydroxylation is 1. The Morgan fingerprint density at radius 1 is 0.828 bits per heavy atom. The molecule has 6 heteroatoms. The zero-order valence-electron chi connectivity index (χ0n) is 36.1. The zero-order valence-corrected chi connectivity index (χ0v) is 36.1. The number of rotatable bonds is 9. The predicted molar refractivity (Wildman–Crippen MR) is 241 cm³/mol. The molecule has 6 nitrogen and oxygen atoms in total. The molecule has 0 bridgehead atoms. The minimum absolute atomic E-state index is 0.141. The number of H-pyrrole nitrogens is 1. The molecule has 4 aromatic carbocycles. The molecule has 306 valence electrons. The number of nitrogens with one attached hydrogen (secondary N) is 1. The summed E-state index contributed by atoms with van der Waals surface area (Å²) >= 11 is 0. The molecule has 3 heterocycles. The summed E-state index contributed by atoms with van der Waals surface area (Å²) < 4.78 is 12.3. The molecule has 2 atom stereocenters. The Kier molecular flexibility index (Phi) is 14.5. The second kappa shape index (κ2) is 19.7. The van der Waals surface area contributed by atoms with Crippen molar-refractivity contribution >= 4 is 16.6 Å². The fourth-order valence-electron chi connectivity index (χ4n) is 8.75. The average molecular weight is 780 g/mol. The lowest BCUT2D eigenvalue weighted by Gasteiger charge is -2.40. The molecule has 0 radical (unpaired) electrons. The summed E-state index contributed by atoms with van der Waals surface area (Å²) in [6.45, 7) is 18.6. The maximum Gasteiger partial charge on any atom is 0.195 e. The van der Waals surface area contributed by atoms with Crippen molar-refractivity contribution in [2.75, 3.05) is 6.61 Å². The second-order valence-corrected chi connectivity index (χ2v) is 17.1. The van der Waals surface area contributed by atoms with Gasteiger partial charge >= 0.3 is 0 Å². The molecule has 58 heavy (non-hydrogen) atoms. The molecule has 1 saturated carbocycles. The molecule has 1 aliphatic carbocycles. The Bertz CT molecular complexity index is 2160. The van der Waals surface area contributed by atoms with Crippen molar-refractivity contribution in [1.29, 1.82) is 0 Å². The van der Waals surface area contributed by atoms with Crippen molar-refractivity contribution < 1.29 is 14.4 Å². The molecule has 1 fully saturated rings. The van der Waals surface area contributed by atoms with Gasteiger partial charge in [0.2, 0.25) is 0 Å². The monoisotopic (exact) mass is 780 g/mol. The van der Waals surface area contributed by atoms with Crippen LogP contribution in [0.1, 0.15) is 133 Å². The van der Waals surface area contributed by atoms with Crippen LogP contribution >= 0.6 is 0 Å². The number of fused-ring (bicyclic) bond motifs is 3. The summed E-state index contributed by atoms with van der Waals surface area (Å²) in [7, 11) is 0. The van der Waals surface area contributed by atoms with Crippen molar-refractivity contribution in [2.45, 2.75) is 124 Å². The van der Waals surface area contributed by atoms with Gasteiger partial charge in [-0.05, 0) is 90.9 Å². The highest BCUT2D eigenvalue weighted by Crippen LogP contribution is 2.44. The third-order valence-corrected chi connectivity index (χ3v) is 12.1. The van der Waals surface area contributed by atoms with E-state index in [1.165, 1.54) is 45.3 Å². The molecule has 2 aliphatic rings. The SMILES string of the molecule is CC(C)Cc1nc(-c2ccccc2)c(-c2ccccc2)o1.CC(C)c1ccc(C2CCC/C(=N/O)C2)cc1.CCc1cccc2c3c([nH]c12)C(CC)(C(C)C)OCC3. The molecule has 2 unspecified atom stereocenters. The van der Waals surface area contributed by atoms with E-state index in [2.05, 4.69) is 132 Å². The highest BCUT2D eigenvalue weighted by Gasteiger charge is 2.41. The zero-order chi connectivity index (χ0) is 41.2. The first-order chi connectivity index (χ1) is 28.1. The number of aromatic nitrogens is 2. The van der Waals surface area contributed by atoms with E-state index in [1.807, 2.05) is 36.4 Å². The first-order valence-corrected chi connectivity index (χ1v) is 21.7. The van der Waals surface area contributed by atoms with Crippen LogP contribution in [0.3, 0.4) is 0 Å². The van der Waals surface area contributed by atoms with Crippen LogP contribution in [0.2, 0.25) is 0 Å².